The molecule has 4 aromatic carbocycles. The topological polar surface area (TPSA) is 180 Å². The van der Waals surface area contributed by atoms with Crippen LogP contribution < -0.4 is 9.47 Å². The zero-order valence-corrected chi connectivity index (χ0v) is 30.4. The minimum atomic E-state index is -0.778. The highest BCUT2D eigenvalue weighted by molar-refractivity contribution is 6.19. The Morgan fingerprint density at radius 1 is 0.393 bits per heavy atom. The highest BCUT2D eigenvalue weighted by atomic mass is 16.6. The molecule has 0 saturated carbocycles. The third kappa shape index (κ3) is 7.89. The van der Waals surface area contributed by atoms with E-state index in [9.17, 15) is 38.4 Å². The molecule has 0 atom stereocenters. The standard InChI is InChI=1S/C42H32N2O12/c1-23-24(2)36(46)43(35(23)45)21-53-39(49)29-5-9-31(10-6-29)41(51)55-33-17-13-27(14-18-33)28-15-19-34(20-16-28)56-42(52)32-11-7-30(8-12-32)40(50)54-22-44-37(47)25(3)26(4)38(44)48/h5-20H,21-22H2,1-4H3. The summed E-state index contributed by atoms with van der Waals surface area (Å²) in [6.07, 6.45) is 0. The van der Waals surface area contributed by atoms with Gasteiger partial charge >= 0.3 is 23.9 Å². The van der Waals surface area contributed by atoms with E-state index in [0.29, 0.717) is 22.3 Å². The van der Waals surface area contributed by atoms with Gasteiger partial charge in [0.25, 0.3) is 23.6 Å². The van der Waals surface area contributed by atoms with E-state index in [0.717, 1.165) is 20.9 Å². The molecule has 56 heavy (non-hydrogen) atoms. The van der Waals surface area contributed by atoms with E-state index < -0.39 is 61.0 Å². The number of ether oxygens (including phenoxy) is 4. The van der Waals surface area contributed by atoms with Crippen LogP contribution in [0.1, 0.15) is 69.1 Å². The number of nitrogens with zero attached hydrogens (tertiary/aromatic N) is 2. The first-order valence-corrected chi connectivity index (χ1v) is 17.0. The molecular formula is C42H32N2O12. The first kappa shape index (κ1) is 38.3. The first-order chi connectivity index (χ1) is 26.7. The monoisotopic (exact) mass is 756 g/mol. The zero-order valence-electron chi connectivity index (χ0n) is 30.4. The van der Waals surface area contributed by atoms with Gasteiger partial charge in [-0.25, -0.2) is 29.0 Å². The van der Waals surface area contributed by atoms with Crippen LogP contribution in [0.4, 0.5) is 0 Å². The molecule has 0 aromatic heterocycles. The van der Waals surface area contributed by atoms with Gasteiger partial charge in [0.1, 0.15) is 11.5 Å². The second-order valence-corrected chi connectivity index (χ2v) is 12.7. The molecule has 0 radical (unpaired) electrons. The van der Waals surface area contributed by atoms with Gasteiger partial charge in [0, 0.05) is 22.3 Å². The smallest absolute Gasteiger partial charge is 0.343 e. The highest BCUT2D eigenvalue weighted by Gasteiger charge is 2.35. The Bertz CT molecular complexity index is 2160. The van der Waals surface area contributed by atoms with Crippen molar-refractivity contribution in [2.45, 2.75) is 27.7 Å². The maximum absolute atomic E-state index is 12.8. The van der Waals surface area contributed by atoms with Gasteiger partial charge in [0.15, 0.2) is 13.5 Å². The lowest BCUT2D eigenvalue weighted by atomic mass is 10.1. The van der Waals surface area contributed by atoms with Crippen LogP contribution in [0.2, 0.25) is 0 Å². The van der Waals surface area contributed by atoms with Gasteiger partial charge in [-0.2, -0.15) is 0 Å². The third-order valence-corrected chi connectivity index (χ3v) is 9.21. The molecule has 282 valence electrons. The van der Waals surface area contributed by atoms with Crippen LogP contribution in [-0.4, -0.2) is 70.8 Å². The normalized spacial score (nSPS) is 14.1. The Labute approximate surface area is 319 Å². The van der Waals surface area contributed by atoms with E-state index >= 15 is 0 Å². The van der Waals surface area contributed by atoms with Crippen LogP contribution in [0.15, 0.2) is 119 Å². The summed E-state index contributed by atoms with van der Waals surface area (Å²) in [6, 6.07) is 24.4. The van der Waals surface area contributed by atoms with Crippen LogP contribution in [0.5, 0.6) is 11.5 Å². The van der Waals surface area contributed by atoms with Crippen molar-refractivity contribution in [3.63, 3.8) is 0 Å². The van der Waals surface area contributed by atoms with Crippen molar-refractivity contribution in [2.75, 3.05) is 13.5 Å². The largest absolute Gasteiger partial charge is 0.440 e. The van der Waals surface area contributed by atoms with Crippen molar-refractivity contribution >= 4 is 47.5 Å². The molecule has 0 bridgehead atoms. The number of hydrogen-bond acceptors (Lipinski definition) is 12. The van der Waals surface area contributed by atoms with Gasteiger partial charge in [-0.05, 0) is 112 Å². The quantitative estimate of drug-likeness (QED) is 0.108. The Hall–Kier alpha value is -7.48. The predicted molar refractivity (Wildman–Crippen MR) is 196 cm³/mol. The molecule has 4 aromatic rings. The fraction of sp³-hybridized carbons (Fsp3) is 0.143. The number of esters is 4. The number of carbonyl (C=O) groups is 8. The molecule has 2 aliphatic heterocycles. The Morgan fingerprint density at radius 2 is 0.643 bits per heavy atom. The highest BCUT2D eigenvalue weighted by Crippen LogP contribution is 2.26. The van der Waals surface area contributed by atoms with Gasteiger partial charge in [0.2, 0.25) is 0 Å². The molecular weight excluding hydrogens is 724 g/mol. The van der Waals surface area contributed by atoms with E-state index in [1.54, 1.807) is 48.5 Å². The summed E-state index contributed by atoms with van der Waals surface area (Å²) >= 11 is 0. The van der Waals surface area contributed by atoms with Gasteiger partial charge in [-0.1, -0.05) is 24.3 Å². The summed E-state index contributed by atoms with van der Waals surface area (Å²) in [4.78, 5) is 101. The maximum Gasteiger partial charge on any atom is 0.343 e. The molecule has 0 unspecified atom stereocenters. The molecule has 0 saturated heterocycles. The summed E-state index contributed by atoms with van der Waals surface area (Å²) in [5, 5.41) is 0. The van der Waals surface area contributed by atoms with Crippen LogP contribution >= 0.6 is 0 Å². The average Bonchev–Trinajstić information content (AvgIpc) is 3.51. The first-order valence-electron chi connectivity index (χ1n) is 17.0. The van der Waals surface area contributed by atoms with Crippen molar-refractivity contribution in [3.05, 3.63) is 142 Å². The van der Waals surface area contributed by atoms with Gasteiger partial charge < -0.3 is 18.9 Å². The lowest BCUT2D eigenvalue weighted by Gasteiger charge is -2.14. The predicted octanol–water partition coefficient (Wildman–Crippen LogP) is 5.43. The van der Waals surface area contributed by atoms with Crippen LogP contribution in [-0.2, 0) is 28.7 Å². The molecule has 4 amide bonds. The third-order valence-electron chi connectivity index (χ3n) is 9.21. The van der Waals surface area contributed by atoms with Gasteiger partial charge in [0.05, 0.1) is 22.3 Å². The Balaban J connectivity index is 0.967. The minimum Gasteiger partial charge on any atom is -0.440 e. The van der Waals surface area contributed by atoms with E-state index in [1.807, 2.05) is 0 Å². The summed E-state index contributed by atoms with van der Waals surface area (Å²) in [7, 11) is 0. The molecule has 14 nitrogen and oxygen atoms in total. The van der Waals surface area contributed by atoms with Crippen molar-refractivity contribution in [3.8, 4) is 22.6 Å². The molecule has 0 N–H and O–H groups in total. The lowest BCUT2D eigenvalue weighted by Crippen LogP contribution is -2.34. The molecule has 0 fully saturated rings. The van der Waals surface area contributed by atoms with E-state index in [1.165, 1.54) is 76.2 Å². The summed E-state index contributed by atoms with van der Waals surface area (Å²) in [5.74, 6) is -4.43. The summed E-state index contributed by atoms with van der Waals surface area (Å²) in [6.45, 7) is 5.04. The van der Waals surface area contributed by atoms with Crippen molar-refractivity contribution < 1.29 is 57.3 Å². The lowest BCUT2D eigenvalue weighted by molar-refractivity contribution is -0.143. The molecule has 6 rings (SSSR count). The minimum absolute atomic E-state index is 0.110. The summed E-state index contributed by atoms with van der Waals surface area (Å²) in [5.41, 5.74) is 3.31. The second-order valence-electron chi connectivity index (χ2n) is 12.7. The average molecular weight is 757 g/mol. The Morgan fingerprint density at radius 3 is 0.911 bits per heavy atom. The van der Waals surface area contributed by atoms with E-state index in [-0.39, 0.29) is 33.8 Å². The Kier molecular flexibility index (Phi) is 10.8. The number of benzene rings is 4. The zero-order chi connectivity index (χ0) is 40.3. The number of imide groups is 2. The molecule has 0 aliphatic carbocycles. The molecule has 14 heteroatoms. The molecule has 0 spiro atoms. The maximum atomic E-state index is 12.8. The molecule has 2 aliphatic rings. The van der Waals surface area contributed by atoms with Crippen molar-refractivity contribution in [2.24, 2.45) is 0 Å². The van der Waals surface area contributed by atoms with Crippen LogP contribution in [0.25, 0.3) is 11.1 Å². The SMILES string of the molecule is CC1=C(C)C(=O)N(COC(=O)c2ccc(C(=O)Oc3ccc(-c4ccc(OC(=O)c5ccc(C(=O)OCN6C(=O)C(C)=C(C)C6=O)cc5)cc4)cc3)cc2)C1=O. The van der Waals surface area contributed by atoms with Gasteiger partial charge in [-0.15, -0.1) is 0 Å². The number of amides is 4. The van der Waals surface area contributed by atoms with Crippen molar-refractivity contribution in [1.29, 1.82) is 0 Å². The fourth-order valence-electron chi connectivity index (χ4n) is 5.53. The van der Waals surface area contributed by atoms with Crippen LogP contribution in [0.3, 0.4) is 0 Å². The molecule has 2 heterocycles. The van der Waals surface area contributed by atoms with Crippen LogP contribution in [0, 0.1) is 0 Å². The van der Waals surface area contributed by atoms with Crippen molar-refractivity contribution in [1.82, 2.24) is 9.80 Å². The fourth-order valence-corrected chi connectivity index (χ4v) is 5.53. The summed E-state index contributed by atoms with van der Waals surface area (Å²) < 4.78 is 21.2. The van der Waals surface area contributed by atoms with E-state index in [2.05, 4.69) is 0 Å². The van der Waals surface area contributed by atoms with E-state index in [4.69, 9.17) is 18.9 Å². The number of rotatable bonds is 11. The number of carbonyl (C=O) groups excluding carboxylic acids is 8. The second kappa shape index (κ2) is 15.9. The number of hydrogen-bond donors (Lipinski definition) is 0. The van der Waals surface area contributed by atoms with Gasteiger partial charge in [-0.3, -0.25) is 19.2 Å².